The number of allylic oxidation sites excluding steroid dienone is 4. The summed E-state index contributed by atoms with van der Waals surface area (Å²) in [6, 6.07) is -0.605. The molecular formula is C22H29FO2S. The molecule has 4 aliphatic rings. The zero-order valence-corrected chi connectivity index (χ0v) is 16.8. The highest BCUT2D eigenvalue weighted by Gasteiger charge is 2.59. The molecule has 0 N–H and O–H groups in total. The molecule has 0 aromatic rings. The molecule has 0 heterocycles. The number of hydrogen-bond acceptors (Lipinski definition) is 3. The first-order chi connectivity index (χ1) is 12.3. The summed E-state index contributed by atoms with van der Waals surface area (Å²) in [5, 5.41) is 0.0672. The van der Waals surface area contributed by atoms with Gasteiger partial charge in [-0.3, -0.25) is 9.59 Å². The molecular weight excluding hydrogens is 347 g/mol. The van der Waals surface area contributed by atoms with Crippen LogP contribution >= 0.6 is 11.8 Å². The van der Waals surface area contributed by atoms with E-state index < -0.39 is 6.01 Å². The predicted octanol–water partition coefficient (Wildman–Crippen LogP) is 5.49. The average Bonchev–Trinajstić information content (AvgIpc) is 2.94. The van der Waals surface area contributed by atoms with E-state index in [1.165, 1.54) is 5.57 Å². The highest BCUT2D eigenvalue weighted by molar-refractivity contribution is 8.13. The molecule has 0 aliphatic heterocycles. The second kappa shape index (κ2) is 6.32. The summed E-state index contributed by atoms with van der Waals surface area (Å²) in [6.45, 7) is 6.56. The molecule has 6 atom stereocenters. The number of rotatable bonds is 2. The van der Waals surface area contributed by atoms with Gasteiger partial charge in [-0.25, -0.2) is 4.39 Å². The number of ketones is 1. The van der Waals surface area contributed by atoms with Gasteiger partial charge < -0.3 is 0 Å². The third-order valence-electron chi connectivity index (χ3n) is 8.34. The Morgan fingerprint density at radius 3 is 2.73 bits per heavy atom. The Hall–Kier alpha value is -0.900. The second-order valence-electron chi connectivity index (χ2n) is 9.31. The first-order valence-corrected chi connectivity index (χ1v) is 11.0. The highest BCUT2D eigenvalue weighted by atomic mass is 32.2. The van der Waals surface area contributed by atoms with Crippen molar-refractivity contribution in [2.45, 2.75) is 59.3 Å². The van der Waals surface area contributed by atoms with Crippen molar-refractivity contribution in [2.75, 3.05) is 6.01 Å². The summed E-state index contributed by atoms with van der Waals surface area (Å²) in [5.41, 5.74) is 2.22. The predicted molar refractivity (Wildman–Crippen MR) is 103 cm³/mol. The molecule has 0 radical (unpaired) electrons. The molecule has 4 aliphatic carbocycles. The second-order valence-corrected chi connectivity index (χ2v) is 10.2. The van der Waals surface area contributed by atoms with Crippen molar-refractivity contribution in [3.05, 3.63) is 23.3 Å². The van der Waals surface area contributed by atoms with Crippen molar-refractivity contribution < 1.29 is 14.0 Å². The quantitative estimate of drug-likeness (QED) is 0.639. The molecule has 0 bridgehead atoms. The van der Waals surface area contributed by atoms with E-state index in [9.17, 15) is 14.0 Å². The van der Waals surface area contributed by atoms with Gasteiger partial charge in [0.05, 0.1) is 0 Å². The Bertz CT molecular complexity index is 711. The molecule has 0 aromatic heterocycles. The van der Waals surface area contributed by atoms with Crippen molar-refractivity contribution >= 4 is 22.7 Å². The Morgan fingerprint density at radius 2 is 2.00 bits per heavy atom. The molecule has 0 unspecified atom stereocenters. The van der Waals surface area contributed by atoms with Gasteiger partial charge >= 0.3 is 0 Å². The van der Waals surface area contributed by atoms with E-state index >= 15 is 0 Å². The Kier molecular flexibility index (Phi) is 4.49. The van der Waals surface area contributed by atoms with Crippen LogP contribution in [0.3, 0.4) is 0 Å². The minimum absolute atomic E-state index is 0.00196. The van der Waals surface area contributed by atoms with E-state index in [2.05, 4.69) is 19.9 Å². The highest BCUT2D eigenvalue weighted by Crippen LogP contribution is 2.66. The molecule has 0 aromatic carbocycles. The molecule has 3 fully saturated rings. The van der Waals surface area contributed by atoms with Crippen LogP contribution in [-0.4, -0.2) is 16.9 Å². The molecule has 0 saturated heterocycles. The van der Waals surface area contributed by atoms with Crippen molar-refractivity contribution in [3.63, 3.8) is 0 Å². The number of fused-ring (bicyclic) bond motifs is 5. The molecule has 26 heavy (non-hydrogen) atoms. The fourth-order valence-corrected chi connectivity index (χ4v) is 7.72. The third kappa shape index (κ3) is 2.51. The first kappa shape index (κ1) is 18.5. The fourth-order valence-electron chi connectivity index (χ4n) is 7.03. The van der Waals surface area contributed by atoms with Gasteiger partial charge in [0.2, 0.25) is 0 Å². The van der Waals surface area contributed by atoms with Crippen LogP contribution in [0.2, 0.25) is 0 Å². The number of halogens is 1. The summed E-state index contributed by atoms with van der Waals surface area (Å²) >= 11 is 0.868. The SMILES string of the molecule is CC1=C[C@@]2(C)C(=CC1=O)CC[C@H]1[C@@H]3CC[C@H](C(=O)SCF)[C@@]3(C)CC[C@@H]12. The van der Waals surface area contributed by atoms with E-state index in [0.29, 0.717) is 17.8 Å². The van der Waals surface area contributed by atoms with Crippen molar-refractivity contribution in [1.29, 1.82) is 0 Å². The maximum atomic E-state index is 12.7. The van der Waals surface area contributed by atoms with Gasteiger partial charge in [-0.15, -0.1) is 0 Å². The molecule has 3 saturated carbocycles. The van der Waals surface area contributed by atoms with Crippen LogP contribution in [0.25, 0.3) is 0 Å². The van der Waals surface area contributed by atoms with Gasteiger partial charge in [0.15, 0.2) is 10.9 Å². The number of thioether (sulfide) groups is 1. The van der Waals surface area contributed by atoms with Gasteiger partial charge in [0, 0.05) is 11.3 Å². The van der Waals surface area contributed by atoms with E-state index in [1.807, 2.05) is 13.0 Å². The van der Waals surface area contributed by atoms with Crippen LogP contribution in [0.4, 0.5) is 4.39 Å². The Labute approximate surface area is 160 Å². The van der Waals surface area contributed by atoms with Gasteiger partial charge in [0.1, 0.15) is 6.01 Å². The maximum absolute atomic E-state index is 12.7. The minimum atomic E-state index is -0.605. The normalized spacial score (nSPS) is 44.5. The van der Waals surface area contributed by atoms with Crippen LogP contribution in [0.5, 0.6) is 0 Å². The Morgan fingerprint density at radius 1 is 1.23 bits per heavy atom. The van der Waals surface area contributed by atoms with Crippen LogP contribution in [0.1, 0.15) is 59.3 Å². The molecule has 0 spiro atoms. The van der Waals surface area contributed by atoms with E-state index in [-0.39, 0.29) is 27.6 Å². The summed E-state index contributed by atoms with van der Waals surface area (Å²) in [5.74, 6) is 1.92. The Balaban J connectivity index is 1.64. The number of hydrogen-bond donors (Lipinski definition) is 0. The van der Waals surface area contributed by atoms with Gasteiger partial charge in [-0.1, -0.05) is 37.3 Å². The van der Waals surface area contributed by atoms with Crippen LogP contribution < -0.4 is 0 Å². The van der Waals surface area contributed by atoms with Crippen molar-refractivity contribution in [3.8, 4) is 0 Å². The molecule has 142 valence electrons. The zero-order chi connectivity index (χ0) is 18.7. The van der Waals surface area contributed by atoms with E-state index in [1.54, 1.807) is 0 Å². The van der Waals surface area contributed by atoms with Crippen molar-refractivity contribution in [1.82, 2.24) is 0 Å². The lowest BCUT2D eigenvalue weighted by atomic mass is 9.47. The van der Waals surface area contributed by atoms with Gasteiger partial charge in [-0.2, -0.15) is 0 Å². The lowest BCUT2D eigenvalue weighted by molar-refractivity contribution is -0.121. The summed E-state index contributed by atoms with van der Waals surface area (Å²) < 4.78 is 12.7. The number of alkyl halides is 1. The molecule has 2 nitrogen and oxygen atoms in total. The summed E-state index contributed by atoms with van der Waals surface area (Å²) in [7, 11) is 0. The van der Waals surface area contributed by atoms with E-state index in [0.717, 1.165) is 55.9 Å². The number of carbonyl (C=O) groups excluding carboxylic acids is 2. The van der Waals surface area contributed by atoms with Crippen LogP contribution in [-0.2, 0) is 9.59 Å². The first-order valence-electron chi connectivity index (χ1n) is 9.98. The van der Waals surface area contributed by atoms with Gasteiger partial charge in [0.25, 0.3) is 0 Å². The van der Waals surface area contributed by atoms with Crippen molar-refractivity contribution in [2.24, 2.45) is 34.5 Å². The lowest BCUT2D eigenvalue weighted by Crippen LogP contribution is -2.50. The topological polar surface area (TPSA) is 34.1 Å². The fraction of sp³-hybridized carbons (Fsp3) is 0.727. The maximum Gasteiger partial charge on any atom is 0.195 e. The minimum Gasteiger partial charge on any atom is -0.290 e. The molecule has 4 heteroatoms. The molecule has 0 amide bonds. The zero-order valence-electron chi connectivity index (χ0n) is 16.0. The number of carbonyl (C=O) groups is 2. The van der Waals surface area contributed by atoms with Crippen LogP contribution in [0, 0.1) is 34.5 Å². The third-order valence-corrected chi connectivity index (χ3v) is 9.02. The smallest absolute Gasteiger partial charge is 0.195 e. The monoisotopic (exact) mass is 376 g/mol. The van der Waals surface area contributed by atoms with E-state index in [4.69, 9.17) is 0 Å². The summed E-state index contributed by atoms with van der Waals surface area (Å²) in [4.78, 5) is 24.7. The molecule has 4 rings (SSSR count). The van der Waals surface area contributed by atoms with Crippen LogP contribution in [0.15, 0.2) is 23.3 Å². The lowest BCUT2D eigenvalue weighted by Gasteiger charge is -2.57. The largest absolute Gasteiger partial charge is 0.290 e. The van der Waals surface area contributed by atoms with Gasteiger partial charge in [-0.05, 0) is 80.3 Å². The average molecular weight is 377 g/mol. The summed E-state index contributed by atoms with van der Waals surface area (Å²) in [6.07, 6.45) is 10.4. The standard InChI is InChI=1S/C22H29FO2S/c1-13-11-22(3)14(10-19(13)24)4-5-15-16-6-7-18(20(25)26-12-23)21(16,2)9-8-17(15)22/h10-11,15-18H,4-9,12H2,1-3H3/t15-,16-,17-,18+,21-,22-/m0/s1.